The number of hydrogen-bond donors (Lipinski definition) is 0. The van der Waals surface area contributed by atoms with E-state index in [1.807, 2.05) is 30.3 Å². The lowest BCUT2D eigenvalue weighted by atomic mass is 9.84. The Morgan fingerprint density at radius 3 is 2.13 bits per heavy atom. The second-order valence-corrected chi connectivity index (χ2v) is 10.4. The molecule has 2 fully saturated rings. The van der Waals surface area contributed by atoms with Crippen molar-refractivity contribution in [1.82, 2.24) is 4.90 Å². The van der Waals surface area contributed by atoms with Crippen LogP contribution in [0.3, 0.4) is 0 Å². The Bertz CT molecular complexity index is 786. The van der Waals surface area contributed by atoms with E-state index in [0.717, 1.165) is 5.69 Å². The van der Waals surface area contributed by atoms with E-state index >= 15 is 0 Å². The lowest BCUT2D eigenvalue weighted by molar-refractivity contribution is -0.160. The summed E-state index contributed by atoms with van der Waals surface area (Å²) >= 11 is 0. The van der Waals surface area contributed by atoms with Crippen LogP contribution in [0.15, 0.2) is 30.3 Å². The maximum atomic E-state index is 12.9. The number of ether oxygens (including phenoxy) is 2. The van der Waals surface area contributed by atoms with Gasteiger partial charge in [0.05, 0.1) is 0 Å². The molecule has 7 nitrogen and oxygen atoms in total. The summed E-state index contributed by atoms with van der Waals surface area (Å²) in [5.74, 6) is -0.467. The molecule has 0 unspecified atom stereocenters. The van der Waals surface area contributed by atoms with Crippen LogP contribution in [0.5, 0.6) is 0 Å². The van der Waals surface area contributed by atoms with Gasteiger partial charge in [-0.15, -0.1) is 0 Å². The van der Waals surface area contributed by atoms with Crippen molar-refractivity contribution in [2.24, 2.45) is 5.41 Å². The predicted octanol–water partition coefficient (Wildman–Crippen LogP) is 3.76. The number of carbonyl (C=O) groups excluding carboxylic acids is 3. The SMILES string of the molecule is CC(C)(C)OC(=O)[C@@H]1C[C@@]2(CC(=O)N(c3ccccc3)C2)CN1C(=O)OC(C)(C)C. The first-order valence-electron chi connectivity index (χ1n) is 10.4. The minimum atomic E-state index is -0.775. The summed E-state index contributed by atoms with van der Waals surface area (Å²) in [6.45, 7) is 11.5. The maximum Gasteiger partial charge on any atom is 0.411 e. The lowest BCUT2D eigenvalue weighted by Gasteiger charge is -2.29. The molecule has 7 heteroatoms. The number of likely N-dealkylation sites (tertiary alicyclic amines) is 1. The van der Waals surface area contributed by atoms with E-state index in [1.54, 1.807) is 46.4 Å². The quantitative estimate of drug-likeness (QED) is 0.686. The summed E-state index contributed by atoms with van der Waals surface area (Å²) in [5.41, 5.74) is -1.05. The van der Waals surface area contributed by atoms with Gasteiger partial charge in [-0.1, -0.05) is 18.2 Å². The number of amides is 2. The Morgan fingerprint density at radius 1 is 0.967 bits per heavy atom. The van der Waals surface area contributed by atoms with E-state index < -0.39 is 34.7 Å². The van der Waals surface area contributed by atoms with Crippen molar-refractivity contribution >= 4 is 23.7 Å². The lowest BCUT2D eigenvalue weighted by Crippen LogP contribution is -2.45. The molecular weight excluding hydrogens is 384 g/mol. The molecule has 0 bridgehead atoms. The number of benzene rings is 1. The van der Waals surface area contributed by atoms with Crippen LogP contribution in [0.25, 0.3) is 0 Å². The van der Waals surface area contributed by atoms with Crippen molar-refractivity contribution in [3.63, 3.8) is 0 Å². The zero-order chi connectivity index (χ0) is 22.3. The van der Waals surface area contributed by atoms with Crippen molar-refractivity contribution < 1.29 is 23.9 Å². The normalized spacial score (nSPS) is 24.5. The molecule has 2 aliphatic rings. The molecule has 164 valence electrons. The van der Waals surface area contributed by atoms with Crippen molar-refractivity contribution in [3.05, 3.63) is 30.3 Å². The molecule has 2 aliphatic heterocycles. The largest absolute Gasteiger partial charge is 0.458 e. The van der Waals surface area contributed by atoms with Gasteiger partial charge in [0.1, 0.15) is 17.2 Å². The van der Waals surface area contributed by atoms with E-state index in [-0.39, 0.29) is 18.9 Å². The summed E-state index contributed by atoms with van der Waals surface area (Å²) < 4.78 is 11.1. The highest BCUT2D eigenvalue weighted by molar-refractivity contribution is 5.97. The first-order chi connectivity index (χ1) is 13.8. The van der Waals surface area contributed by atoms with E-state index in [0.29, 0.717) is 13.0 Å². The highest BCUT2D eigenvalue weighted by Crippen LogP contribution is 2.45. The molecular formula is C23H32N2O5. The van der Waals surface area contributed by atoms with Gasteiger partial charge in [0, 0.05) is 30.6 Å². The van der Waals surface area contributed by atoms with Crippen LogP contribution in [0.4, 0.5) is 10.5 Å². The predicted molar refractivity (Wildman–Crippen MR) is 113 cm³/mol. The number of hydrogen-bond acceptors (Lipinski definition) is 5. The molecule has 1 aromatic rings. The van der Waals surface area contributed by atoms with Crippen molar-refractivity contribution in [2.75, 3.05) is 18.0 Å². The molecule has 0 radical (unpaired) electrons. The average Bonchev–Trinajstić information content (AvgIpc) is 3.13. The molecule has 0 aliphatic carbocycles. The smallest absolute Gasteiger partial charge is 0.411 e. The summed E-state index contributed by atoms with van der Waals surface area (Å²) in [6, 6.07) is 8.68. The first-order valence-corrected chi connectivity index (χ1v) is 10.4. The molecule has 1 aromatic carbocycles. The topological polar surface area (TPSA) is 76.2 Å². The van der Waals surface area contributed by atoms with Gasteiger partial charge in [-0.25, -0.2) is 9.59 Å². The summed E-state index contributed by atoms with van der Waals surface area (Å²) in [7, 11) is 0. The third kappa shape index (κ3) is 4.94. The highest BCUT2D eigenvalue weighted by Gasteiger charge is 2.56. The minimum Gasteiger partial charge on any atom is -0.458 e. The van der Waals surface area contributed by atoms with Gasteiger partial charge >= 0.3 is 12.1 Å². The number of carbonyl (C=O) groups is 3. The van der Waals surface area contributed by atoms with Crippen molar-refractivity contribution in [2.45, 2.75) is 71.6 Å². The van der Waals surface area contributed by atoms with Gasteiger partial charge in [0.25, 0.3) is 0 Å². The van der Waals surface area contributed by atoms with Gasteiger partial charge in [0.15, 0.2) is 0 Å². The Balaban J connectivity index is 1.86. The summed E-state index contributed by atoms with van der Waals surface area (Å²) in [4.78, 5) is 41.9. The zero-order valence-corrected chi connectivity index (χ0v) is 18.7. The van der Waals surface area contributed by atoms with Crippen LogP contribution in [-0.2, 0) is 19.1 Å². The zero-order valence-electron chi connectivity index (χ0n) is 18.7. The Labute approximate surface area is 178 Å². The molecule has 2 amide bonds. The number of para-hydroxylation sites is 1. The number of anilines is 1. The fraction of sp³-hybridized carbons (Fsp3) is 0.609. The monoisotopic (exact) mass is 416 g/mol. The van der Waals surface area contributed by atoms with Crippen LogP contribution in [-0.4, -0.2) is 53.2 Å². The molecule has 0 N–H and O–H groups in total. The molecule has 2 atom stereocenters. The van der Waals surface area contributed by atoms with Crippen molar-refractivity contribution in [3.8, 4) is 0 Å². The Morgan fingerprint density at radius 2 is 1.57 bits per heavy atom. The van der Waals surface area contributed by atoms with Crippen LogP contribution < -0.4 is 4.90 Å². The fourth-order valence-electron chi connectivity index (χ4n) is 4.13. The summed E-state index contributed by atoms with van der Waals surface area (Å²) in [5, 5.41) is 0. The van der Waals surface area contributed by atoms with Crippen LogP contribution in [0.2, 0.25) is 0 Å². The molecule has 1 spiro atoms. The van der Waals surface area contributed by atoms with Gasteiger partial charge in [-0.3, -0.25) is 9.69 Å². The number of rotatable bonds is 2. The molecule has 2 heterocycles. The Hall–Kier alpha value is -2.57. The number of nitrogens with zero attached hydrogens (tertiary/aromatic N) is 2. The van der Waals surface area contributed by atoms with Gasteiger partial charge < -0.3 is 14.4 Å². The van der Waals surface area contributed by atoms with E-state index in [4.69, 9.17) is 9.47 Å². The van der Waals surface area contributed by atoms with Gasteiger partial charge in [-0.2, -0.15) is 0 Å². The second kappa shape index (κ2) is 7.60. The maximum absolute atomic E-state index is 12.9. The molecule has 30 heavy (non-hydrogen) atoms. The van der Waals surface area contributed by atoms with E-state index in [2.05, 4.69) is 0 Å². The molecule has 2 saturated heterocycles. The van der Waals surface area contributed by atoms with E-state index in [1.165, 1.54) is 4.90 Å². The summed E-state index contributed by atoms with van der Waals surface area (Å²) in [6.07, 6.45) is 0.0947. The molecule has 3 rings (SSSR count). The molecule has 0 aromatic heterocycles. The number of esters is 1. The van der Waals surface area contributed by atoms with Crippen LogP contribution >= 0.6 is 0 Å². The van der Waals surface area contributed by atoms with Gasteiger partial charge in [0.2, 0.25) is 5.91 Å². The highest BCUT2D eigenvalue weighted by atomic mass is 16.6. The minimum absolute atomic E-state index is 0.00447. The Kier molecular flexibility index (Phi) is 5.60. The second-order valence-electron chi connectivity index (χ2n) is 10.4. The van der Waals surface area contributed by atoms with Crippen LogP contribution in [0.1, 0.15) is 54.4 Å². The average molecular weight is 417 g/mol. The first kappa shape index (κ1) is 22.1. The van der Waals surface area contributed by atoms with E-state index in [9.17, 15) is 14.4 Å². The van der Waals surface area contributed by atoms with Crippen molar-refractivity contribution in [1.29, 1.82) is 0 Å². The third-order valence-corrected chi connectivity index (χ3v) is 5.20. The molecule has 0 saturated carbocycles. The third-order valence-electron chi connectivity index (χ3n) is 5.20. The fourth-order valence-corrected chi connectivity index (χ4v) is 4.13. The standard InChI is InChI=1S/C23H32N2O5/c1-21(2,3)29-19(27)17-12-23(15-25(17)20(28)30-22(4,5)6)13-18(26)24(14-23)16-10-8-7-9-11-16/h7-11,17H,12-15H2,1-6H3/t17-,23-/m0/s1. The van der Waals surface area contributed by atoms with Gasteiger partial charge in [-0.05, 0) is 60.1 Å². The van der Waals surface area contributed by atoms with Crippen LogP contribution in [0, 0.1) is 5.41 Å².